The first kappa shape index (κ1) is 21.0. The minimum Gasteiger partial charge on any atom is -0.497 e. The van der Waals surface area contributed by atoms with Crippen molar-refractivity contribution >= 4 is 29.5 Å². The van der Waals surface area contributed by atoms with Gasteiger partial charge < -0.3 is 10.1 Å². The van der Waals surface area contributed by atoms with Crippen molar-refractivity contribution in [1.29, 1.82) is 0 Å². The van der Waals surface area contributed by atoms with Gasteiger partial charge in [0, 0.05) is 29.5 Å². The number of hydrogen-bond acceptors (Lipinski definition) is 6. The quantitative estimate of drug-likeness (QED) is 0.387. The van der Waals surface area contributed by atoms with Gasteiger partial charge in [-0.2, -0.15) is 5.10 Å². The zero-order valence-electron chi connectivity index (χ0n) is 16.9. The van der Waals surface area contributed by atoms with Crippen LogP contribution in [-0.2, 0) is 17.9 Å². The molecule has 2 aromatic heterocycles. The second-order valence-electron chi connectivity index (χ2n) is 6.75. The molecule has 1 amide bonds. The molecular weight excluding hydrogens is 430 g/mol. The molecule has 4 aromatic rings. The Morgan fingerprint density at radius 3 is 2.68 bits per heavy atom. The second kappa shape index (κ2) is 9.67. The Kier molecular flexibility index (Phi) is 6.54. The number of aromatic nitrogens is 4. The lowest BCUT2D eigenvalue weighted by Gasteiger charge is -2.08. The average Bonchev–Trinajstić information content (AvgIpc) is 3.44. The topological polar surface area (TPSA) is 84.8 Å². The fourth-order valence-corrected chi connectivity index (χ4v) is 4.06. The van der Waals surface area contributed by atoms with Crippen LogP contribution in [0.3, 0.4) is 0 Å². The number of amides is 1. The first-order chi connectivity index (χ1) is 15.1. The Balaban J connectivity index is 1.35. The predicted octanol–water partition coefficient (Wildman–Crippen LogP) is 4.45. The second-order valence-corrected chi connectivity index (χ2v) is 8.08. The molecule has 31 heavy (non-hydrogen) atoms. The van der Waals surface area contributed by atoms with Crippen molar-refractivity contribution in [2.45, 2.75) is 19.5 Å². The van der Waals surface area contributed by atoms with Crippen LogP contribution in [-0.4, -0.2) is 32.8 Å². The van der Waals surface area contributed by atoms with E-state index in [9.17, 15) is 4.79 Å². The lowest BCUT2D eigenvalue weighted by Crippen LogP contribution is -2.24. The van der Waals surface area contributed by atoms with Gasteiger partial charge in [0.2, 0.25) is 5.91 Å². The maximum absolute atomic E-state index is 12.4. The van der Waals surface area contributed by atoms with Crippen LogP contribution in [0.4, 0.5) is 0 Å². The Hall–Kier alpha value is -3.30. The monoisotopic (exact) mass is 451 g/mol. The number of methoxy groups -OCH3 is 1. The van der Waals surface area contributed by atoms with Gasteiger partial charge in [-0.1, -0.05) is 30.3 Å². The van der Waals surface area contributed by atoms with E-state index in [0.717, 1.165) is 27.6 Å². The summed E-state index contributed by atoms with van der Waals surface area (Å²) in [5.74, 6) is 1.38. The van der Waals surface area contributed by atoms with Crippen molar-refractivity contribution < 1.29 is 9.53 Å². The first-order valence-electron chi connectivity index (χ1n) is 9.70. The van der Waals surface area contributed by atoms with Crippen molar-refractivity contribution in [1.82, 2.24) is 25.1 Å². The molecule has 2 N–H and O–H groups in total. The number of hydrogen-bond donors (Lipinski definition) is 2. The van der Waals surface area contributed by atoms with Crippen LogP contribution in [0.25, 0.3) is 22.6 Å². The minimum atomic E-state index is -0.0692. The molecule has 0 bridgehead atoms. The van der Waals surface area contributed by atoms with Crippen molar-refractivity contribution in [3.8, 4) is 28.4 Å². The average molecular weight is 452 g/mol. The fourth-order valence-electron chi connectivity index (χ4n) is 3.10. The molecule has 0 radical (unpaired) electrons. The Morgan fingerprint density at radius 1 is 1.16 bits per heavy atom. The van der Waals surface area contributed by atoms with Crippen LogP contribution in [0.2, 0.25) is 0 Å². The molecule has 0 aliphatic heterocycles. The molecule has 158 valence electrons. The molecule has 7 nitrogen and oxygen atoms in total. The maximum Gasteiger partial charge on any atom is 0.222 e. The summed E-state index contributed by atoms with van der Waals surface area (Å²) in [6.45, 7) is 0.827. The highest BCUT2D eigenvalue weighted by Crippen LogP contribution is 2.22. The molecule has 0 saturated carbocycles. The van der Waals surface area contributed by atoms with Gasteiger partial charge in [0.15, 0.2) is 10.6 Å². The molecule has 0 spiro atoms. The molecule has 9 heteroatoms. The molecule has 0 atom stereocenters. The van der Waals surface area contributed by atoms with E-state index in [1.54, 1.807) is 7.11 Å². The fraction of sp³-hybridized carbons (Fsp3) is 0.182. The number of ether oxygens (including phenoxy) is 1. The largest absolute Gasteiger partial charge is 0.497 e. The van der Waals surface area contributed by atoms with E-state index >= 15 is 0 Å². The molecular formula is C22H21N5O2S2. The van der Waals surface area contributed by atoms with Crippen LogP contribution < -0.4 is 10.1 Å². The number of carbonyl (C=O) groups excluding carboxylic acids is 1. The predicted molar refractivity (Wildman–Crippen MR) is 123 cm³/mol. The van der Waals surface area contributed by atoms with Crippen LogP contribution in [0.1, 0.15) is 11.4 Å². The summed E-state index contributed by atoms with van der Waals surface area (Å²) >= 11 is 6.88. The standard InChI is InChI=1S/C22H21N5O2S2/c1-29-17-9-7-16(8-10-17)21-25-26-22(30)27(21)12-11-19(28)23-13-20-24-18(14-31-20)15-5-3-2-4-6-15/h2-10,14H,11-13H2,1H3,(H,23,28)(H,26,30). The highest BCUT2D eigenvalue weighted by Gasteiger charge is 2.12. The van der Waals surface area contributed by atoms with Crippen molar-refractivity contribution in [2.24, 2.45) is 0 Å². The number of nitrogens with zero attached hydrogens (tertiary/aromatic N) is 3. The summed E-state index contributed by atoms with van der Waals surface area (Å²) in [7, 11) is 1.62. The summed E-state index contributed by atoms with van der Waals surface area (Å²) in [6.07, 6.45) is 0.286. The summed E-state index contributed by atoms with van der Waals surface area (Å²) in [5, 5.41) is 12.9. The normalized spacial score (nSPS) is 10.7. The Bertz CT molecular complexity index is 1210. The van der Waals surface area contributed by atoms with E-state index in [1.165, 1.54) is 11.3 Å². The van der Waals surface area contributed by atoms with Crippen LogP contribution in [0.5, 0.6) is 5.75 Å². The number of nitrogens with one attached hydrogen (secondary N) is 2. The van der Waals surface area contributed by atoms with Crippen LogP contribution in [0.15, 0.2) is 60.0 Å². The third kappa shape index (κ3) is 5.07. The van der Waals surface area contributed by atoms with Gasteiger partial charge in [0.25, 0.3) is 0 Å². The van der Waals surface area contributed by atoms with E-state index in [-0.39, 0.29) is 12.3 Å². The molecule has 2 heterocycles. The van der Waals surface area contributed by atoms with Crippen molar-refractivity contribution in [3.05, 3.63) is 69.8 Å². The van der Waals surface area contributed by atoms with Crippen LogP contribution >= 0.6 is 23.6 Å². The van der Waals surface area contributed by atoms with Gasteiger partial charge in [-0.05, 0) is 36.5 Å². The summed E-state index contributed by atoms with van der Waals surface area (Å²) in [4.78, 5) is 17.0. The molecule has 0 unspecified atom stereocenters. The van der Waals surface area contributed by atoms with E-state index in [0.29, 0.717) is 23.7 Å². The van der Waals surface area contributed by atoms with Gasteiger partial charge >= 0.3 is 0 Å². The number of thiazole rings is 1. The van der Waals surface area contributed by atoms with E-state index in [4.69, 9.17) is 17.0 Å². The van der Waals surface area contributed by atoms with Crippen molar-refractivity contribution in [3.63, 3.8) is 0 Å². The van der Waals surface area contributed by atoms with Gasteiger partial charge in [-0.15, -0.1) is 11.3 Å². The van der Waals surface area contributed by atoms with Crippen LogP contribution in [0, 0.1) is 4.77 Å². The summed E-state index contributed by atoms with van der Waals surface area (Å²) in [5.41, 5.74) is 2.88. The number of H-pyrrole nitrogens is 1. The van der Waals surface area contributed by atoms with E-state index < -0.39 is 0 Å². The number of rotatable bonds is 8. The lowest BCUT2D eigenvalue weighted by atomic mass is 10.2. The molecule has 0 aliphatic rings. The van der Waals surface area contributed by atoms with Gasteiger partial charge in [-0.25, -0.2) is 4.98 Å². The summed E-state index contributed by atoms with van der Waals surface area (Å²) in [6, 6.07) is 17.5. The molecule has 0 aliphatic carbocycles. The minimum absolute atomic E-state index is 0.0692. The Labute approximate surface area is 188 Å². The zero-order valence-corrected chi connectivity index (χ0v) is 18.5. The highest BCUT2D eigenvalue weighted by molar-refractivity contribution is 7.71. The smallest absolute Gasteiger partial charge is 0.222 e. The molecule has 2 aromatic carbocycles. The Morgan fingerprint density at radius 2 is 1.94 bits per heavy atom. The van der Waals surface area contributed by atoms with Gasteiger partial charge in [-0.3, -0.25) is 14.5 Å². The molecule has 0 saturated heterocycles. The number of carbonyl (C=O) groups is 1. The van der Waals surface area contributed by atoms with Gasteiger partial charge in [0.1, 0.15) is 10.8 Å². The number of benzene rings is 2. The summed E-state index contributed by atoms with van der Waals surface area (Å²) < 4.78 is 7.50. The third-order valence-electron chi connectivity index (χ3n) is 4.73. The lowest BCUT2D eigenvalue weighted by molar-refractivity contribution is -0.121. The van der Waals surface area contributed by atoms with Gasteiger partial charge in [0.05, 0.1) is 19.3 Å². The van der Waals surface area contributed by atoms with E-state index in [1.807, 2.05) is 64.5 Å². The zero-order chi connectivity index (χ0) is 21.6. The SMILES string of the molecule is COc1ccc(-c2n[nH]c(=S)n2CCC(=O)NCc2nc(-c3ccccc3)cs2)cc1. The molecule has 4 rings (SSSR count). The first-order valence-corrected chi connectivity index (χ1v) is 11.0. The highest BCUT2D eigenvalue weighted by atomic mass is 32.1. The molecule has 0 fully saturated rings. The van der Waals surface area contributed by atoms with Crippen molar-refractivity contribution in [2.75, 3.05) is 7.11 Å². The number of aromatic amines is 1. The van der Waals surface area contributed by atoms with E-state index in [2.05, 4.69) is 20.5 Å². The third-order valence-corrected chi connectivity index (χ3v) is 5.89. The maximum atomic E-state index is 12.4.